The van der Waals surface area contributed by atoms with Crippen LogP contribution < -0.4 is 10.1 Å². The monoisotopic (exact) mass is 403 g/mol. The van der Waals surface area contributed by atoms with E-state index in [0.717, 1.165) is 26.3 Å². The van der Waals surface area contributed by atoms with Crippen LogP contribution >= 0.6 is 22.6 Å². The molecule has 0 aliphatic carbocycles. The molecule has 0 saturated carbocycles. The highest BCUT2D eigenvalue weighted by atomic mass is 127. The molecule has 0 saturated heterocycles. The third-order valence-corrected chi connectivity index (χ3v) is 4.16. The number of aryl methyl sites for hydroxylation is 2. The summed E-state index contributed by atoms with van der Waals surface area (Å²) < 4.78 is 13.3. The third kappa shape index (κ3) is 2.95. The number of halogens is 1. The number of rotatable bonds is 5. The molecule has 0 radical (unpaired) electrons. The second-order valence-electron chi connectivity index (χ2n) is 4.43. The summed E-state index contributed by atoms with van der Waals surface area (Å²) in [6, 6.07) is 0. The number of nitrogens with one attached hydrogen (secondary N) is 1. The molecule has 8 heteroatoms. The maximum atomic E-state index is 5.42. The van der Waals surface area contributed by atoms with Crippen LogP contribution in [0.5, 0.6) is 5.88 Å². The molecule has 0 amide bonds. The number of nitrogens with zero attached hydrogens (tertiary/aromatic N) is 4. The van der Waals surface area contributed by atoms with Gasteiger partial charge >= 0.3 is 0 Å². The van der Waals surface area contributed by atoms with E-state index < -0.39 is 0 Å². The Kier molecular flexibility index (Phi) is 4.99. The van der Waals surface area contributed by atoms with Crippen LogP contribution in [0.25, 0.3) is 11.4 Å². The highest BCUT2D eigenvalue weighted by Gasteiger charge is 2.21. The SMILES string of the molecule is CNc1nc(-c2c(C)nn(C)c2OC)nc(COC)c1I. The summed E-state index contributed by atoms with van der Waals surface area (Å²) in [5, 5.41) is 7.46. The third-order valence-electron chi connectivity index (χ3n) is 3.02. The quantitative estimate of drug-likeness (QED) is 0.770. The Balaban J connectivity index is 2.66. The molecule has 2 aromatic heterocycles. The highest BCUT2D eigenvalue weighted by Crippen LogP contribution is 2.32. The molecule has 0 bridgehead atoms. The molecule has 0 unspecified atom stereocenters. The summed E-state index contributed by atoms with van der Waals surface area (Å²) in [6.07, 6.45) is 0. The van der Waals surface area contributed by atoms with E-state index >= 15 is 0 Å². The van der Waals surface area contributed by atoms with Gasteiger partial charge in [-0.25, -0.2) is 14.6 Å². The smallest absolute Gasteiger partial charge is 0.222 e. The molecule has 2 rings (SSSR count). The van der Waals surface area contributed by atoms with Crippen molar-refractivity contribution in [2.75, 3.05) is 26.6 Å². The van der Waals surface area contributed by atoms with Crippen LogP contribution in [0.2, 0.25) is 0 Å². The highest BCUT2D eigenvalue weighted by molar-refractivity contribution is 14.1. The number of hydrogen-bond acceptors (Lipinski definition) is 6. The average Bonchev–Trinajstić information content (AvgIpc) is 2.75. The van der Waals surface area contributed by atoms with Gasteiger partial charge < -0.3 is 14.8 Å². The normalized spacial score (nSPS) is 10.8. The first kappa shape index (κ1) is 16.0. The first-order chi connectivity index (χ1) is 10.0. The second-order valence-corrected chi connectivity index (χ2v) is 5.51. The maximum Gasteiger partial charge on any atom is 0.222 e. The lowest BCUT2D eigenvalue weighted by Crippen LogP contribution is -2.07. The van der Waals surface area contributed by atoms with Crippen LogP contribution in [0.15, 0.2) is 0 Å². The van der Waals surface area contributed by atoms with Crippen molar-refractivity contribution in [2.24, 2.45) is 7.05 Å². The Morgan fingerprint density at radius 3 is 2.57 bits per heavy atom. The van der Waals surface area contributed by atoms with Gasteiger partial charge in [-0.05, 0) is 29.5 Å². The number of aromatic nitrogens is 4. The van der Waals surface area contributed by atoms with E-state index in [9.17, 15) is 0 Å². The van der Waals surface area contributed by atoms with Gasteiger partial charge in [-0.2, -0.15) is 5.10 Å². The van der Waals surface area contributed by atoms with E-state index in [1.807, 2.05) is 21.0 Å². The molecule has 0 aliphatic rings. The van der Waals surface area contributed by atoms with Crippen molar-refractivity contribution < 1.29 is 9.47 Å². The number of anilines is 1. The van der Waals surface area contributed by atoms with E-state index in [0.29, 0.717) is 18.3 Å². The Bertz CT molecular complexity index is 656. The molecule has 0 aromatic carbocycles. The van der Waals surface area contributed by atoms with Gasteiger partial charge in [-0.1, -0.05) is 0 Å². The predicted molar refractivity (Wildman–Crippen MR) is 88.5 cm³/mol. The standard InChI is InChI=1S/C13H18IN5O2/c1-7-9(13(21-5)19(3)18-7)11-16-8(6-20-4)10(14)12(15-2)17-11/h6H2,1-5H3,(H,15,16,17). The van der Waals surface area contributed by atoms with Crippen LogP contribution in [-0.4, -0.2) is 41.0 Å². The summed E-state index contributed by atoms with van der Waals surface area (Å²) in [5.74, 6) is 1.98. The van der Waals surface area contributed by atoms with Crippen molar-refractivity contribution in [3.05, 3.63) is 15.0 Å². The van der Waals surface area contributed by atoms with Crippen LogP contribution in [0, 0.1) is 10.5 Å². The molecule has 0 aliphatic heterocycles. The summed E-state index contributed by atoms with van der Waals surface area (Å²) >= 11 is 2.21. The van der Waals surface area contributed by atoms with Crippen LogP contribution in [0.4, 0.5) is 5.82 Å². The molecular formula is C13H18IN5O2. The lowest BCUT2D eigenvalue weighted by molar-refractivity contribution is 0.181. The molecule has 0 fully saturated rings. The van der Waals surface area contributed by atoms with Crippen LogP contribution in [-0.2, 0) is 18.4 Å². The first-order valence-electron chi connectivity index (χ1n) is 6.34. The fraction of sp³-hybridized carbons (Fsp3) is 0.462. The number of hydrogen-bond donors (Lipinski definition) is 1. The van der Waals surface area contributed by atoms with Crippen molar-refractivity contribution in [2.45, 2.75) is 13.5 Å². The van der Waals surface area contributed by atoms with Gasteiger partial charge in [-0.3, -0.25) is 0 Å². The first-order valence-corrected chi connectivity index (χ1v) is 7.42. The Morgan fingerprint density at radius 2 is 2.00 bits per heavy atom. The van der Waals surface area contributed by atoms with E-state index in [4.69, 9.17) is 9.47 Å². The van der Waals surface area contributed by atoms with Gasteiger partial charge in [0.05, 0.1) is 28.7 Å². The number of methoxy groups -OCH3 is 2. The van der Waals surface area contributed by atoms with E-state index in [-0.39, 0.29) is 0 Å². The fourth-order valence-corrected chi connectivity index (χ4v) is 2.80. The Labute approximate surface area is 137 Å². The van der Waals surface area contributed by atoms with Crippen molar-refractivity contribution in [3.8, 4) is 17.3 Å². The molecular weight excluding hydrogens is 385 g/mol. The maximum absolute atomic E-state index is 5.42. The topological polar surface area (TPSA) is 74.1 Å². The van der Waals surface area contributed by atoms with Crippen molar-refractivity contribution in [1.82, 2.24) is 19.7 Å². The molecule has 114 valence electrons. The Hall–Kier alpha value is -1.42. The van der Waals surface area contributed by atoms with Gasteiger partial charge in [0.25, 0.3) is 0 Å². The van der Waals surface area contributed by atoms with Crippen LogP contribution in [0.1, 0.15) is 11.4 Å². The zero-order chi connectivity index (χ0) is 15.6. The van der Waals surface area contributed by atoms with E-state index in [1.54, 1.807) is 18.9 Å². The van der Waals surface area contributed by atoms with Gasteiger partial charge in [0.15, 0.2) is 5.82 Å². The van der Waals surface area contributed by atoms with Gasteiger partial charge in [0, 0.05) is 21.2 Å². The molecule has 2 heterocycles. The molecule has 2 aromatic rings. The molecule has 0 atom stereocenters. The minimum Gasteiger partial charge on any atom is -0.481 e. The number of ether oxygens (including phenoxy) is 2. The molecule has 21 heavy (non-hydrogen) atoms. The molecule has 0 spiro atoms. The van der Waals surface area contributed by atoms with Gasteiger partial charge in [0.1, 0.15) is 11.4 Å². The molecule has 1 N–H and O–H groups in total. The Morgan fingerprint density at radius 1 is 1.29 bits per heavy atom. The predicted octanol–water partition coefficient (Wildman–Crippen LogP) is 1.99. The summed E-state index contributed by atoms with van der Waals surface area (Å²) in [6.45, 7) is 2.33. The summed E-state index contributed by atoms with van der Waals surface area (Å²) in [5.41, 5.74) is 2.45. The lowest BCUT2D eigenvalue weighted by Gasteiger charge is -2.11. The van der Waals surface area contributed by atoms with Crippen molar-refractivity contribution in [3.63, 3.8) is 0 Å². The minimum absolute atomic E-state index is 0.421. The average molecular weight is 403 g/mol. The summed E-state index contributed by atoms with van der Waals surface area (Å²) in [7, 11) is 6.92. The lowest BCUT2D eigenvalue weighted by atomic mass is 10.2. The molecule has 7 nitrogen and oxygen atoms in total. The van der Waals surface area contributed by atoms with Gasteiger partial charge in [-0.15, -0.1) is 0 Å². The minimum atomic E-state index is 0.421. The van der Waals surface area contributed by atoms with E-state index in [2.05, 4.69) is 43.0 Å². The largest absolute Gasteiger partial charge is 0.481 e. The van der Waals surface area contributed by atoms with Crippen molar-refractivity contribution >= 4 is 28.4 Å². The van der Waals surface area contributed by atoms with Crippen molar-refractivity contribution in [1.29, 1.82) is 0 Å². The second kappa shape index (κ2) is 6.56. The zero-order valence-corrected chi connectivity index (χ0v) is 14.8. The van der Waals surface area contributed by atoms with Gasteiger partial charge in [0.2, 0.25) is 5.88 Å². The summed E-state index contributed by atoms with van der Waals surface area (Å²) in [4.78, 5) is 9.17. The van der Waals surface area contributed by atoms with Crippen LogP contribution in [0.3, 0.4) is 0 Å². The zero-order valence-electron chi connectivity index (χ0n) is 12.7. The van der Waals surface area contributed by atoms with E-state index in [1.165, 1.54) is 0 Å². The fourth-order valence-electron chi connectivity index (χ4n) is 2.13.